The van der Waals surface area contributed by atoms with Gasteiger partial charge in [0.1, 0.15) is 29.3 Å². The average molecular weight is 434 g/mol. The summed E-state index contributed by atoms with van der Waals surface area (Å²) in [5.74, 6) is -0.285. The molecule has 3 aliphatic rings. The van der Waals surface area contributed by atoms with Crippen LogP contribution in [0.15, 0.2) is 48.5 Å². The Hall–Kier alpha value is -3.15. The second-order valence-corrected chi connectivity index (χ2v) is 9.01. The number of para-hydroxylation sites is 1. The maximum Gasteiger partial charge on any atom is 0.342 e. The van der Waals surface area contributed by atoms with E-state index in [4.69, 9.17) is 14.2 Å². The highest BCUT2D eigenvalue weighted by atomic mass is 16.6. The summed E-state index contributed by atoms with van der Waals surface area (Å²) in [6.07, 6.45) is 0.896. The molecule has 2 bridgehead atoms. The number of carbonyl (C=O) groups excluding carboxylic acids is 3. The number of esters is 2. The molecule has 3 fully saturated rings. The molecule has 0 spiro atoms. The van der Waals surface area contributed by atoms with Gasteiger partial charge in [0.2, 0.25) is 0 Å². The first-order valence-electron chi connectivity index (χ1n) is 11.1. The van der Waals surface area contributed by atoms with Crippen LogP contribution in [0.4, 0.5) is 0 Å². The fourth-order valence-corrected chi connectivity index (χ4v) is 6.07. The van der Waals surface area contributed by atoms with Gasteiger partial charge < -0.3 is 14.2 Å². The van der Waals surface area contributed by atoms with E-state index in [1.165, 1.54) is 7.11 Å². The highest BCUT2D eigenvalue weighted by molar-refractivity contribution is 5.93. The molecule has 0 saturated heterocycles. The molecule has 0 heterocycles. The van der Waals surface area contributed by atoms with Crippen molar-refractivity contribution < 1.29 is 28.6 Å². The quantitative estimate of drug-likeness (QED) is 0.662. The third-order valence-corrected chi connectivity index (χ3v) is 7.46. The van der Waals surface area contributed by atoms with Gasteiger partial charge >= 0.3 is 11.9 Å². The molecule has 166 valence electrons. The summed E-state index contributed by atoms with van der Waals surface area (Å²) in [6, 6.07) is 14.1. The topological polar surface area (TPSA) is 78.9 Å². The van der Waals surface area contributed by atoms with E-state index in [0.717, 1.165) is 18.4 Å². The van der Waals surface area contributed by atoms with Crippen molar-refractivity contribution in [2.45, 2.75) is 38.4 Å². The van der Waals surface area contributed by atoms with E-state index in [1.807, 2.05) is 19.1 Å². The summed E-state index contributed by atoms with van der Waals surface area (Å²) >= 11 is 0. The fourth-order valence-electron chi connectivity index (χ4n) is 6.07. The highest BCUT2D eigenvalue weighted by Gasteiger charge is 2.64. The van der Waals surface area contributed by atoms with Crippen LogP contribution >= 0.6 is 0 Å². The molecule has 6 unspecified atom stereocenters. The third-order valence-electron chi connectivity index (χ3n) is 7.46. The molecular formula is C26H26O6. The monoisotopic (exact) mass is 434 g/mol. The highest BCUT2D eigenvalue weighted by Crippen LogP contribution is 2.59. The van der Waals surface area contributed by atoms with Gasteiger partial charge in [-0.2, -0.15) is 0 Å². The van der Waals surface area contributed by atoms with E-state index < -0.39 is 24.1 Å². The van der Waals surface area contributed by atoms with Gasteiger partial charge in [0.25, 0.3) is 0 Å². The van der Waals surface area contributed by atoms with Crippen LogP contribution in [0.1, 0.15) is 45.5 Å². The minimum atomic E-state index is -0.645. The predicted molar refractivity (Wildman–Crippen MR) is 115 cm³/mol. The van der Waals surface area contributed by atoms with Gasteiger partial charge in [-0.3, -0.25) is 4.79 Å². The summed E-state index contributed by atoms with van der Waals surface area (Å²) in [5, 5.41) is 0. The van der Waals surface area contributed by atoms with Crippen LogP contribution in [0.3, 0.4) is 0 Å². The summed E-state index contributed by atoms with van der Waals surface area (Å²) < 4.78 is 17.3. The van der Waals surface area contributed by atoms with Gasteiger partial charge in [-0.1, -0.05) is 30.3 Å². The lowest BCUT2D eigenvalue weighted by molar-refractivity contribution is -0.127. The van der Waals surface area contributed by atoms with E-state index in [0.29, 0.717) is 23.3 Å². The zero-order valence-corrected chi connectivity index (χ0v) is 18.2. The molecular weight excluding hydrogens is 408 g/mol. The molecule has 5 rings (SSSR count). The van der Waals surface area contributed by atoms with Crippen LogP contribution < -0.4 is 4.74 Å². The molecule has 6 atom stereocenters. The molecule has 2 aromatic rings. The van der Waals surface area contributed by atoms with E-state index in [1.54, 1.807) is 36.4 Å². The first-order chi connectivity index (χ1) is 15.5. The molecule has 0 radical (unpaired) electrons. The Morgan fingerprint density at radius 3 is 2.19 bits per heavy atom. The number of methoxy groups -OCH3 is 1. The number of ether oxygens (including phenoxy) is 3. The third kappa shape index (κ3) is 3.29. The van der Waals surface area contributed by atoms with Crippen molar-refractivity contribution in [3.63, 3.8) is 0 Å². The molecule has 0 aromatic heterocycles. The van der Waals surface area contributed by atoms with Crippen LogP contribution in [0.25, 0.3) is 0 Å². The molecule has 2 aromatic carbocycles. The average Bonchev–Trinajstić information content (AvgIpc) is 3.46. The number of hydrogen-bond acceptors (Lipinski definition) is 6. The number of ketones is 1. The van der Waals surface area contributed by atoms with E-state index in [-0.39, 0.29) is 29.5 Å². The van der Waals surface area contributed by atoms with Crippen molar-refractivity contribution in [3.05, 3.63) is 65.2 Å². The first-order valence-corrected chi connectivity index (χ1v) is 11.1. The molecule has 6 heteroatoms. The van der Waals surface area contributed by atoms with Gasteiger partial charge in [0.05, 0.1) is 12.7 Å². The van der Waals surface area contributed by atoms with Crippen molar-refractivity contribution >= 4 is 17.7 Å². The Labute approximate surface area is 186 Å². The summed E-state index contributed by atoms with van der Waals surface area (Å²) in [5.41, 5.74) is 1.65. The summed E-state index contributed by atoms with van der Waals surface area (Å²) in [4.78, 5) is 38.6. The number of hydrogen-bond donors (Lipinski definition) is 0. The zero-order valence-electron chi connectivity index (χ0n) is 18.2. The van der Waals surface area contributed by atoms with Gasteiger partial charge in [-0.25, -0.2) is 9.59 Å². The van der Waals surface area contributed by atoms with Crippen molar-refractivity contribution in [1.82, 2.24) is 0 Å². The van der Waals surface area contributed by atoms with Crippen molar-refractivity contribution in [2.24, 2.45) is 23.7 Å². The fraction of sp³-hybridized carbons (Fsp3) is 0.423. The molecule has 32 heavy (non-hydrogen) atoms. The number of fused-ring (bicyclic) bond motifs is 5. The van der Waals surface area contributed by atoms with E-state index in [2.05, 4.69) is 0 Å². The lowest BCUT2D eigenvalue weighted by Gasteiger charge is -2.36. The van der Waals surface area contributed by atoms with Gasteiger partial charge in [0.15, 0.2) is 0 Å². The zero-order chi connectivity index (χ0) is 22.4. The standard InChI is InChI=1S/C26H26O6/c1-14-7-3-4-8-15(14)25(28)31-23-18-13-19(22-16(18)11-12-20(22)27)24(23)32-26(29)17-9-5-6-10-21(17)30-2/h3-10,16,18-19,22-24H,11-13H2,1-2H3. The molecule has 0 amide bonds. The van der Waals surface area contributed by atoms with Crippen molar-refractivity contribution in [1.29, 1.82) is 0 Å². The van der Waals surface area contributed by atoms with Gasteiger partial charge in [-0.15, -0.1) is 0 Å². The predicted octanol–water partition coefficient (Wildman–Crippen LogP) is 4.00. The Morgan fingerprint density at radius 1 is 0.844 bits per heavy atom. The van der Waals surface area contributed by atoms with Crippen LogP contribution in [-0.2, 0) is 14.3 Å². The molecule has 0 aliphatic heterocycles. The normalized spacial score (nSPS) is 30.1. The maximum absolute atomic E-state index is 13.1. The van der Waals surface area contributed by atoms with Crippen LogP contribution in [0.5, 0.6) is 5.75 Å². The van der Waals surface area contributed by atoms with Crippen LogP contribution in [0, 0.1) is 30.6 Å². The lowest BCUT2D eigenvalue weighted by atomic mass is 9.78. The van der Waals surface area contributed by atoms with E-state index in [9.17, 15) is 14.4 Å². The van der Waals surface area contributed by atoms with E-state index >= 15 is 0 Å². The molecule has 0 N–H and O–H groups in total. The Bertz CT molecular complexity index is 1080. The number of carbonyl (C=O) groups is 3. The second kappa shape index (κ2) is 8.08. The minimum absolute atomic E-state index is 0.0277. The smallest absolute Gasteiger partial charge is 0.342 e. The minimum Gasteiger partial charge on any atom is -0.496 e. The summed E-state index contributed by atoms with van der Waals surface area (Å²) in [6.45, 7) is 1.86. The van der Waals surface area contributed by atoms with Crippen LogP contribution in [-0.4, -0.2) is 37.0 Å². The van der Waals surface area contributed by atoms with Crippen molar-refractivity contribution in [3.8, 4) is 5.75 Å². The molecule has 6 nitrogen and oxygen atoms in total. The lowest BCUT2D eigenvalue weighted by Crippen LogP contribution is -2.46. The first kappa shape index (κ1) is 20.7. The molecule has 3 aliphatic carbocycles. The maximum atomic E-state index is 13.1. The Morgan fingerprint density at radius 2 is 1.47 bits per heavy atom. The largest absolute Gasteiger partial charge is 0.496 e. The molecule has 3 saturated carbocycles. The van der Waals surface area contributed by atoms with Gasteiger partial charge in [-0.05, 0) is 49.4 Å². The Balaban J connectivity index is 1.43. The SMILES string of the molecule is COc1ccccc1C(=O)OC1C2CC(C3CCC(=O)C32)C1OC(=O)c1ccccc1C. The van der Waals surface area contributed by atoms with Crippen molar-refractivity contribution in [2.75, 3.05) is 7.11 Å². The number of rotatable bonds is 5. The second-order valence-electron chi connectivity index (χ2n) is 9.01. The Kier molecular flexibility index (Phi) is 5.24. The number of aryl methyl sites for hydroxylation is 1. The van der Waals surface area contributed by atoms with Crippen LogP contribution in [0.2, 0.25) is 0 Å². The number of Topliss-reactive ketones (excluding diaryl/α,β-unsaturated/α-hetero) is 1. The number of benzene rings is 2. The summed E-state index contributed by atoms with van der Waals surface area (Å²) in [7, 11) is 1.50. The van der Waals surface area contributed by atoms with Gasteiger partial charge in [0, 0.05) is 24.2 Å².